The second kappa shape index (κ2) is 3.91. The Kier molecular flexibility index (Phi) is 2.87. The van der Waals surface area contributed by atoms with E-state index in [9.17, 15) is 9.90 Å². The summed E-state index contributed by atoms with van der Waals surface area (Å²) < 4.78 is 4.99. The molecule has 1 rings (SSSR count). The third-order valence-corrected chi connectivity index (χ3v) is 1.80. The van der Waals surface area contributed by atoms with Crippen molar-refractivity contribution in [3.63, 3.8) is 0 Å². The maximum absolute atomic E-state index is 10.5. The quantitative estimate of drug-likeness (QED) is 0.631. The molecule has 0 radical (unpaired) electrons. The Bertz CT molecular complexity index is 311. The first-order valence-corrected chi connectivity index (χ1v) is 3.83. The zero-order valence-corrected chi connectivity index (χ0v) is 7.32. The highest BCUT2D eigenvalue weighted by Crippen LogP contribution is 2.21. The van der Waals surface area contributed by atoms with E-state index in [0.717, 1.165) is 0 Å². The van der Waals surface area contributed by atoms with E-state index >= 15 is 0 Å². The highest BCUT2D eigenvalue weighted by molar-refractivity contribution is 5.72. The zero-order valence-electron chi connectivity index (χ0n) is 7.32. The lowest BCUT2D eigenvalue weighted by Crippen LogP contribution is -2.61. The van der Waals surface area contributed by atoms with Gasteiger partial charge in [-0.2, -0.15) is 0 Å². The van der Waals surface area contributed by atoms with Crippen molar-refractivity contribution in [2.75, 3.05) is 7.11 Å². The van der Waals surface area contributed by atoms with Crippen molar-refractivity contribution in [1.29, 1.82) is 0 Å². The fourth-order valence-corrected chi connectivity index (χ4v) is 1.08. The van der Waals surface area contributed by atoms with Gasteiger partial charge >= 0.3 is 0 Å². The summed E-state index contributed by atoms with van der Waals surface area (Å²) in [6.07, 6.45) is 0. The maximum atomic E-state index is 10.5. The van der Waals surface area contributed by atoms with Crippen molar-refractivity contribution >= 4 is 5.97 Å². The molecule has 0 saturated carbocycles. The number of rotatable bonds is 3. The molecule has 4 nitrogen and oxygen atoms in total. The highest BCUT2D eigenvalue weighted by atomic mass is 16.5. The van der Waals surface area contributed by atoms with Gasteiger partial charge in [0.2, 0.25) is 0 Å². The average Bonchev–Trinajstić information content (AvgIpc) is 2.16. The number of aliphatic carboxylic acids is 1. The number of benzene rings is 1. The van der Waals surface area contributed by atoms with E-state index in [1.165, 1.54) is 7.11 Å². The number of carbonyl (C=O) groups is 1. The lowest BCUT2D eigenvalue weighted by Gasteiger charge is -2.12. The molecular formula is C9H11NO3. The summed E-state index contributed by atoms with van der Waals surface area (Å²) in [4.78, 5) is 10.5. The first-order valence-electron chi connectivity index (χ1n) is 3.83. The van der Waals surface area contributed by atoms with Gasteiger partial charge in [0.25, 0.3) is 0 Å². The summed E-state index contributed by atoms with van der Waals surface area (Å²) in [6, 6.07) is 5.96. The summed E-state index contributed by atoms with van der Waals surface area (Å²) in [7, 11) is 1.49. The van der Waals surface area contributed by atoms with E-state index in [-0.39, 0.29) is 0 Å². The Balaban J connectivity index is 3.05. The van der Waals surface area contributed by atoms with Crippen LogP contribution in [-0.4, -0.2) is 13.1 Å². The normalized spacial score (nSPS) is 12.2. The Hall–Kier alpha value is -1.55. The van der Waals surface area contributed by atoms with Crippen molar-refractivity contribution in [2.45, 2.75) is 6.04 Å². The second-order valence-corrected chi connectivity index (χ2v) is 2.61. The Morgan fingerprint density at radius 1 is 1.54 bits per heavy atom. The molecule has 4 heteroatoms. The molecule has 0 aliphatic rings. The largest absolute Gasteiger partial charge is 0.544 e. The van der Waals surface area contributed by atoms with Crippen molar-refractivity contribution in [3.05, 3.63) is 29.8 Å². The van der Waals surface area contributed by atoms with Gasteiger partial charge in [-0.1, -0.05) is 12.1 Å². The number of ether oxygens (including phenoxy) is 1. The number of methoxy groups -OCH3 is 1. The number of para-hydroxylation sites is 1. The van der Waals surface area contributed by atoms with Crippen LogP contribution in [0.5, 0.6) is 5.75 Å². The summed E-state index contributed by atoms with van der Waals surface area (Å²) in [5, 5.41) is 10.5. The number of hydrogen-bond acceptors (Lipinski definition) is 3. The van der Waals surface area contributed by atoms with Crippen LogP contribution in [0, 0.1) is 0 Å². The van der Waals surface area contributed by atoms with Gasteiger partial charge in [0.05, 0.1) is 12.7 Å². The Morgan fingerprint density at radius 3 is 2.69 bits per heavy atom. The van der Waals surface area contributed by atoms with Crippen molar-refractivity contribution in [1.82, 2.24) is 0 Å². The molecule has 1 atom stereocenters. The van der Waals surface area contributed by atoms with Crippen LogP contribution in [0.4, 0.5) is 0 Å². The van der Waals surface area contributed by atoms with Crippen LogP contribution in [0.3, 0.4) is 0 Å². The van der Waals surface area contributed by atoms with Crippen LogP contribution in [0.15, 0.2) is 24.3 Å². The summed E-state index contributed by atoms with van der Waals surface area (Å²) in [5.41, 5.74) is 4.01. The number of quaternary nitrogens is 1. The summed E-state index contributed by atoms with van der Waals surface area (Å²) in [6.45, 7) is 0. The molecule has 0 heterocycles. The van der Waals surface area contributed by atoms with Crippen LogP contribution < -0.4 is 15.6 Å². The lowest BCUT2D eigenvalue weighted by molar-refractivity contribution is -0.443. The van der Waals surface area contributed by atoms with Crippen LogP contribution >= 0.6 is 0 Å². The van der Waals surface area contributed by atoms with Gasteiger partial charge in [-0.05, 0) is 12.1 Å². The average molecular weight is 181 g/mol. The fourth-order valence-electron chi connectivity index (χ4n) is 1.08. The molecule has 0 bridgehead atoms. The molecule has 1 aromatic rings. The molecular weight excluding hydrogens is 170 g/mol. The van der Waals surface area contributed by atoms with Crippen LogP contribution in [0.2, 0.25) is 0 Å². The van der Waals surface area contributed by atoms with Gasteiger partial charge in [-0.25, -0.2) is 0 Å². The molecule has 3 N–H and O–H groups in total. The van der Waals surface area contributed by atoms with E-state index in [4.69, 9.17) is 4.74 Å². The predicted molar refractivity (Wildman–Crippen MR) is 43.6 cm³/mol. The fraction of sp³-hybridized carbons (Fsp3) is 0.222. The van der Waals surface area contributed by atoms with Crippen molar-refractivity contribution in [2.24, 2.45) is 0 Å². The SMILES string of the molecule is COc1ccccc1[C@H]([NH3+])C(=O)[O-]. The molecule has 0 saturated heterocycles. The minimum Gasteiger partial charge on any atom is -0.544 e. The van der Waals surface area contributed by atoms with E-state index in [2.05, 4.69) is 5.73 Å². The van der Waals surface area contributed by atoms with Gasteiger partial charge < -0.3 is 20.4 Å². The molecule has 0 aliphatic carbocycles. The van der Waals surface area contributed by atoms with E-state index in [0.29, 0.717) is 11.3 Å². The smallest absolute Gasteiger partial charge is 0.154 e. The Labute approximate surface area is 75.9 Å². The standard InChI is InChI=1S/C9H11NO3/c1-13-7-5-3-2-4-6(7)8(10)9(11)12/h2-5,8H,10H2,1H3,(H,11,12)/t8-/m0/s1. The maximum Gasteiger partial charge on any atom is 0.154 e. The molecule has 0 spiro atoms. The molecule has 70 valence electrons. The molecule has 0 fully saturated rings. The van der Waals surface area contributed by atoms with Gasteiger partial charge in [0.15, 0.2) is 6.04 Å². The second-order valence-electron chi connectivity index (χ2n) is 2.61. The van der Waals surface area contributed by atoms with Crippen LogP contribution in [-0.2, 0) is 4.79 Å². The third-order valence-electron chi connectivity index (χ3n) is 1.80. The summed E-state index contributed by atoms with van der Waals surface area (Å²) >= 11 is 0. The third kappa shape index (κ3) is 1.97. The monoisotopic (exact) mass is 181 g/mol. The topological polar surface area (TPSA) is 77.0 Å². The van der Waals surface area contributed by atoms with Crippen LogP contribution in [0.1, 0.15) is 11.6 Å². The molecule has 1 aromatic carbocycles. The van der Waals surface area contributed by atoms with E-state index in [1.807, 2.05) is 0 Å². The first kappa shape index (κ1) is 9.54. The highest BCUT2D eigenvalue weighted by Gasteiger charge is 2.14. The number of carboxylic acids is 1. The van der Waals surface area contributed by atoms with Gasteiger partial charge in [0, 0.05) is 0 Å². The van der Waals surface area contributed by atoms with E-state index in [1.54, 1.807) is 24.3 Å². The van der Waals surface area contributed by atoms with Crippen molar-refractivity contribution < 1.29 is 20.4 Å². The van der Waals surface area contributed by atoms with Gasteiger partial charge in [-0.3, -0.25) is 0 Å². The first-order chi connectivity index (χ1) is 6.16. The lowest BCUT2D eigenvalue weighted by atomic mass is 10.1. The number of carbonyl (C=O) groups excluding carboxylic acids is 1. The molecule has 0 aromatic heterocycles. The van der Waals surface area contributed by atoms with Crippen LogP contribution in [0.25, 0.3) is 0 Å². The Morgan fingerprint density at radius 2 is 2.15 bits per heavy atom. The summed E-state index contributed by atoms with van der Waals surface area (Å²) in [5.74, 6) is -0.684. The van der Waals surface area contributed by atoms with E-state index < -0.39 is 12.0 Å². The number of hydrogen-bond donors (Lipinski definition) is 1. The zero-order chi connectivity index (χ0) is 9.84. The minimum atomic E-state index is -1.20. The molecule has 0 aliphatic heterocycles. The van der Waals surface area contributed by atoms with Gasteiger partial charge in [0.1, 0.15) is 11.7 Å². The van der Waals surface area contributed by atoms with Crippen molar-refractivity contribution in [3.8, 4) is 5.75 Å². The predicted octanol–water partition coefficient (Wildman–Crippen LogP) is -1.27. The molecule has 0 amide bonds. The molecule has 13 heavy (non-hydrogen) atoms. The molecule has 0 unspecified atom stereocenters. The van der Waals surface area contributed by atoms with Gasteiger partial charge in [-0.15, -0.1) is 0 Å². The number of carboxylic acid groups (broad SMARTS) is 1. The minimum absolute atomic E-state index is 0.520.